The smallest absolute Gasteiger partial charge is 0.465 e. The number of carbonyl (C=O) groups is 4. The number of alkyl carbamates (subject to hydrolysis) is 1. The Morgan fingerprint density at radius 1 is 0.797 bits per heavy atom. The number of H-pyrrole nitrogens is 2. The number of methoxy groups -OCH3 is 1. The SMILES string of the molecule is CC[C@@H](NC(=O)O)OCC(=O)N1CCC[C@@H]1c1ncc(-c2ccc(-c3ccc(-c4cnc([C@@H]5CCCN5C(=O)[C@H](Cc5ccc(OP(=O)(O)OC)cc5)NC(=O)OC)[nH]4)cc3)cc2)[nH]1. The lowest BCUT2D eigenvalue weighted by molar-refractivity contribution is -0.140. The summed E-state index contributed by atoms with van der Waals surface area (Å²) < 4.78 is 31.6. The first-order valence-corrected chi connectivity index (χ1v) is 22.4. The maximum Gasteiger partial charge on any atom is 0.527 e. The van der Waals surface area contributed by atoms with E-state index < -0.39 is 32.3 Å². The van der Waals surface area contributed by atoms with E-state index in [1.54, 1.807) is 41.2 Å². The number of nitrogens with zero attached hydrogens (tertiary/aromatic N) is 4. The fourth-order valence-corrected chi connectivity index (χ4v) is 8.46. The fourth-order valence-electron chi connectivity index (χ4n) is 8.00. The average Bonchev–Trinajstić information content (AvgIpc) is 4.15. The Hall–Kier alpha value is -6.53. The van der Waals surface area contributed by atoms with Crippen LogP contribution in [0.2, 0.25) is 0 Å². The molecule has 0 bridgehead atoms. The van der Waals surface area contributed by atoms with Crippen molar-refractivity contribution in [3.05, 3.63) is 102 Å². The molecule has 64 heavy (non-hydrogen) atoms. The second-order valence-electron chi connectivity index (χ2n) is 15.4. The van der Waals surface area contributed by atoms with Crippen LogP contribution < -0.4 is 15.2 Å². The Morgan fingerprint density at radius 2 is 1.33 bits per heavy atom. The third kappa shape index (κ3) is 11.0. The van der Waals surface area contributed by atoms with Crippen LogP contribution in [-0.4, -0.2) is 110 Å². The Labute approximate surface area is 369 Å². The monoisotopic (exact) mass is 898 g/mol. The average molecular weight is 899 g/mol. The van der Waals surface area contributed by atoms with E-state index in [0.717, 1.165) is 60.0 Å². The topological polar surface area (TPSA) is 251 Å². The highest BCUT2D eigenvalue weighted by atomic mass is 31.2. The highest BCUT2D eigenvalue weighted by Gasteiger charge is 2.37. The van der Waals surface area contributed by atoms with Gasteiger partial charge in [0.25, 0.3) is 0 Å². The minimum atomic E-state index is -4.25. The van der Waals surface area contributed by atoms with Gasteiger partial charge in [-0.15, -0.1) is 0 Å². The van der Waals surface area contributed by atoms with Gasteiger partial charge in [-0.3, -0.25) is 24.3 Å². The maximum absolute atomic E-state index is 14.1. The molecular weight excluding hydrogens is 848 g/mol. The van der Waals surface area contributed by atoms with Gasteiger partial charge in [-0.25, -0.2) is 24.1 Å². The number of carboxylic acid groups (broad SMARTS) is 1. The molecule has 0 spiro atoms. The van der Waals surface area contributed by atoms with Crippen LogP contribution in [0.15, 0.2) is 85.2 Å². The van der Waals surface area contributed by atoms with Crippen molar-refractivity contribution in [3.63, 3.8) is 0 Å². The highest BCUT2D eigenvalue weighted by Crippen LogP contribution is 2.43. The van der Waals surface area contributed by atoms with E-state index in [2.05, 4.69) is 35.1 Å². The molecule has 6 N–H and O–H groups in total. The lowest BCUT2D eigenvalue weighted by Gasteiger charge is -2.28. The molecule has 20 heteroatoms. The van der Waals surface area contributed by atoms with Crippen molar-refractivity contribution in [2.75, 3.05) is 33.9 Å². The van der Waals surface area contributed by atoms with E-state index in [-0.39, 0.29) is 42.7 Å². The number of carbonyl (C=O) groups excluding carboxylic acids is 3. The number of nitrogens with one attached hydrogen (secondary N) is 4. The second kappa shape index (κ2) is 20.3. The lowest BCUT2D eigenvalue weighted by atomic mass is 10.0. The molecular formula is C44H51N8O11P. The van der Waals surface area contributed by atoms with Gasteiger partial charge < -0.3 is 44.2 Å². The van der Waals surface area contributed by atoms with E-state index in [4.69, 9.17) is 19.1 Å². The Bertz CT molecular complexity index is 2460. The third-order valence-corrected chi connectivity index (χ3v) is 12.2. The summed E-state index contributed by atoms with van der Waals surface area (Å²) in [5, 5.41) is 13.9. The number of amides is 4. The van der Waals surface area contributed by atoms with E-state index in [9.17, 15) is 28.6 Å². The van der Waals surface area contributed by atoms with Gasteiger partial charge in [0.2, 0.25) is 11.8 Å². The summed E-state index contributed by atoms with van der Waals surface area (Å²) in [6.45, 7) is 2.57. The molecule has 338 valence electrons. The number of phosphoric ester groups is 1. The van der Waals surface area contributed by atoms with Crippen molar-refractivity contribution < 1.29 is 52.3 Å². The van der Waals surface area contributed by atoms with Crippen molar-refractivity contribution in [1.29, 1.82) is 0 Å². The molecule has 1 unspecified atom stereocenters. The van der Waals surface area contributed by atoms with Crippen LogP contribution in [-0.2, 0) is 34.6 Å². The lowest BCUT2D eigenvalue weighted by Crippen LogP contribution is -2.49. The number of rotatable bonds is 17. The molecule has 2 saturated heterocycles. The molecule has 0 saturated carbocycles. The predicted molar refractivity (Wildman–Crippen MR) is 233 cm³/mol. The molecule has 2 fully saturated rings. The number of aromatic nitrogens is 4. The third-order valence-electron chi connectivity index (χ3n) is 11.3. The Balaban J connectivity index is 0.973. The van der Waals surface area contributed by atoms with Gasteiger partial charge in [0.15, 0.2) is 0 Å². The number of imidazole rings is 2. The van der Waals surface area contributed by atoms with Crippen molar-refractivity contribution in [1.82, 2.24) is 40.4 Å². The molecule has 2 aliphatic rings. The normalized spacial score (nSPS) is 17.9. The number of aromatic amines is 2. The first kappa shape index (κ1) is 45.5. The van der Waals surface area contributed by atoms with E-state index >= 15 is 0 Å². The molecule has 3 aromatic carbocycles. The van der Waals surface area contributed by atoms with Crippen LogP contribution in [0.1, 0.15) is 68.3 Å². The van der Waals surface area contributed by atoms with E-state index in [0.29, 0.717) is 43.1 Å². The molecule has 4 heterocycles. The minimum absolute atomic E-state index is 0.105. The zero-order chi connectivity index (χ0) is 45.4. The van der Waals surface area contributed by atoms with Crippen molar-refractivity contribution in [2.45, 2.75) is 69.8 Å². The summed E-state index contributed by atoms with van der Waals surface area (Å²) in [5.41, 5.74) is 6.14. The van der Waals surface area contributed by atoms with Crippen molar-refractivity contribution in [3.8, 4) is 39.4 Å². The zero-order valence-electron chi connectivity index (χ0n) is 35.6. The second-order valence-corrected chi connectivity index (χ2v) is 16.9. The molecule has 4 amide bonds. The first-order chi connectivity index (χ1) is 30.8. The molecule has 7 rings (SSSR count). The Kier molecular flexibility index (Phi) is 14.4. The molecule has 2 aromatic heterocycles. The quantitative estimate of drug-likeness (QED) is 0.0427. The minimum Gasteiger partial charge on any atom is -0.465 e. The van der Waals surface area contributed by atoms with Crippen LogP contribution in [0, 0.1) is 0 Å². The zero-order valence-corrected chi connectivity index (χ0v) is 36.5. The highest BCUT2D eigenvalue weighted by molar-refractivity contribution is 7.47. The summed E-state index contributed by atoms with van der Waals surface area (Å²) >= 11 is 0. The molecule has 5 atom stereocenters. The van der Waals surface area contributed by atoms with Gasteiger partial charge in [0, 0.05) is 26.6 Å². The van der Waals surface area contributed by atoms with Crippen LogP contribution in [0.25, 0.3) is 33.6 Å². The number of hydrogen-bond acceptors (Lipinski definition) is 11. The van der Waals surface area contributed by atoms with Gasteiger partial charge in [-0.1, -0.05) is 67.6 Å². The molecule has 5 aromatic rings. The van der Waals surface area contributed by atoms with Crippen LogP contribution in [0.5, 0.6) is 5.75 Å². The van der Waals surface area contributed by atoms with Gasteiger partial charge in [-0.05, 0) is 72.1 Å². The number of hydrogen-bond donors (Lipinski definition) is 6. The summed E-state index contributed by atoms with van der Waals surface area (Å²) in [6.07, 6.45) is 4.29. The molecule has 0 aliphatic carbocycles. The number of ether oxygens (including phenoxy) is 2. The first-order valence-electron chi connectivity index (χ1n) is 20.9. The summed E-state index contributed by atoms with van der Waals surface area (Å²) in [6, 6.07) is 20.8. The van der Waals surface area contributed by atoms with Crippen LogP contribution in [0.3, 0.4) is 0 Å². The van der Waals surface area contributed by atoms with Gasteiger partial charge in [0.1, 0.15) is 36.3 Å². The van der Waals surface area contributed by atoms with Crippen molar-refractivity contribution >= 4 is 31.8 Å². The maximum atomic E-state index is 14.1. The summed E-state index contributed by atoms with van der Waals surface area (Å²) in [4.78, 5) is 79.7. The predicted octanol–water partition coefficient (Wildman–Crippen LogP) is 6.57. The van der Waals surface area contributed by atoms with Crippen molar-refractivity contribution in [2.24, 2.45) is 0 Å². The Morgan fingerprint density at radius 3 is 1.84 bits per heavy atom. The number of likely N-dealkylation sites (tertiary alicyclic amines) is 2. The molecule has 2 aliphatic heterocycles. The van der Waals surface area contributed by atoms with Gasteiger partial charge >= 0.3 is 20.0 Å². The molecule has 0 radical (unpaired) electrons. The molecule has 19 nitrogen and oxygen atoms in total. The van der Waals surface area contributed by atoms with Crippen LogP contribution >= 0.6 is 7.82 Å². The van der Waals surface area contributed by atoms with E-state index in [1.165, 1.54) is 19.2 Å². The summed E-state index contributed by atoms with van der Waals surface area (Å²) in [5.74, 6) is 0.892. The van der Waals surface area contributed by atoms with E-state index in [1.807, 2.05) is 48.5 Å². The largest absolute Gasteiger partial charge is 0.527 e. The van der Waals surface area contributed by atoms with Crippen LogP contribution in [0.4, 0.5) is 9.59 Å². The fraction of sp³-hybridized carbons (Fsp3) is 0.364. The number of phosphoric acid groups is 1. The van der Waals surface area contributed by atoms with Gasteiger partial charge in [-0.2, -0.15) is 0 Å². The summed E-state index contributed by atoms with van der Waals surface area (Å²) in [7, 11) is -1.96. The standard InChI is InChI=1S/C44H51N8O11P/c1-4-38(50-43(55)56)62-26-39(53)51-21-5-7-36(51)40-45-24-34(47-40)30-15-11-28(12-16-30)29-13-17-31(18-14-29)35-25-46-41(48-35)37-8-6-22-52(37)42(54)33(49-44(57)60-2)23-27-9-19-32(20-10-27)63-64(58,59)61-3/h9-20,24-25,33,36-38,50H,4-8,21-23,26H2,1-3H3,(H,45,47)(H,46,48)(H,49,57)(H,55,56)(H,58,59)/t33-,36+,37-,38-/m0/s1. The number of benzene rings is 3. The van der Waals surface area contributed by atoms with Gasteiger partial charge in [0.05, 0.1) is 43.0 Å².